The van der Waals surface area contributed by atoms with E-state index in [1.807, 2.05) is 6.92 Å². The van der Waals surface area contributed by atoms with Crippen LogP contribution in [0.25, 0.3) is 0 Å². The number of hydrogen-bond donors (Lipinski definition) is 1. The van der Waals surface area contributed by atoms with Crippen LogP contribution in [0.5, 0.6) is 0 Å². The lowest BCUT2D eigenvalue weighted by atomic mass is 9.91. The quantitative estimate of drug-likeness (QED) is 0.805. The van der Waals surface area contributed by atoms with E-state index in [2.05, 4.69) is 24.1 Å². The zero-order chi connectivity index (χ0) is 20.3. The molecule has 0 aliphatic carbocycles. The van der Waals surface area contributed by atoms with E-state index in [9.17, 15) is 13.2 Å². The number of nitrogens with one attached hydrogen (secondary N) is 1. The van der Waals surface area contributed by atoms with Crippen LogP contribution >= 0.6 is 0 Å². The number of benzene rings is 1. The van der Waals surface area contributed by atoms with Gasteiger partial charge in [-0.3, -0.25) is 9.69 Å². The molecule has 7 nitrogen and oxygen atoms in total. The van der Waals surface area contributed by atoms with Crippen LogP contribution in [0.4, 0.5) is 5.69 Å². The SMILES string of the molecule is C[C@H]1C[C@H](C)CN([C@@H](C)C(=O)Nc2cccc(S(=O)(=O)N3CCOCC3)c2)C1. The molecule has 0 aromatic heterocycles. The lowest BCUT2D eigenvalue weighted by Crippen LogP contribution is -2.48. The predicted octanol–water partition coefficient (Wildman–Crippen LogP) is 2.01. The maximum absolute atomic E-state index is 12.8. The van der Waals surface area contributed by atoms with Gasteiger partial charge in [0.25, 0.3) is 0 Å². The number of anilines is 1. The van der Waals surface area contributed by atoms with Crippen LogP contribution in [0, 0.1) is 11.8 Å². The average molecular weight is 410 g/mol. The van der Waals surface area contributed by atoms with E-state index in [0.717, 1.165) is 13.1 Å². The van der Waals surface area contributed by atoms with Gasteiger partial charge in [0.1, 0.15) is 0 Å². The van der Waals surface area contributed by atoms with Crippen molar-refractivity contribution in [3.8, 4) is 0 Å². The fourth-order valence-corrected chi connectivity index (χ4v) is 5.56. The molecule has 156 valence electrons. The third kappa shape index (κ3) is 4.92. The number of ether oxygens (including phenoxy) is 1. The standard InChI is InChI=1S/C20H31N3O4S/c1-15-11-16(2)14-22(13-15)17(3)20(24)21-18-5-4-6-19(12-18)28(25,26)23-7-9-27-10-8-23/h4-6,12,15-17H,7-11,13-14H2,1-3H3,(H,21,24)/t15-,16-,17-/m0/s1. The summed E-state index contributed by atoms with van der Waals surface area (Å²) < 4.78 is 32.3. The van der Waals surface area contributed by atoms with Crippen molar-refractivity contribution in [3.05, 3.63) is 24.3 Å². The van der Waals surface area contributed by atoms with Gasteiger partial charge in [-0.2, -0.15) is 4.31 Å². The third-order valence-corrected chi connectivity index (χ3v) is 7.43. The molecular formula is C20H31N3O4S. The van der Waals surface area contributed by atoms with Gasteiger partial charge in [-0.1, -0.05) is 19.9 Å². The number of carbonyl (C=O) groups excluding carboxylic acids is 1. The Morgan fingerprint density at radius 3 is 2.46 bits per heavy atom. The molecule has 2 fully saturated rings. The molecule has 0 radical (unpaired) electrons. The zero-order valence-corrected chi connectivity index (χ0v) is 17.7. The molecule has 28 heavy (non-hydrogen) atoms. The minimum absolute atomic E-state index is 0.109. The highest BCUT2D eigenvalue weighted by Crippen LogP contribution is 2.24. The van der Waals surface area contributed by atoms with Crippen LogP contribution in [0.15, 0.2) is 29.2 Å². The molecular weight excluding hydrogens is 378 g/mol. The second kappa shape index (κ2) is 8.90. The Labute approximate surface area is 168 Å². The summed E-state index contributed by atoms with van der Waals surface area (Å²) in [5.41, 5.74) is 0.504. The van der Waals surface area contributed by atoms with Crippen molar-refractivity contribution in [3.63, 3.8) is 0 Å². The van der Waals surface area contributed by atoms with E-state index in [-0.39, 0.29) is 16.8 Å². The highest BCUT2D eigenvalue weighted by molar-refractivity contribution is 7.89. The molecule has 1 aromatic rings. The number of sulfonamides is 1. The van der Waals surface area contributed by atoms with Crippen molar-refractivity contribution in [1.29, 1.82) is 0 Å². The molecule has 0 spiro atoms. The van der Waals surface area contributed by atoms with Crippen LogP contribution in [0.1, 0.15) is 27.2 Å². The van der Waals surface area contributed by atoms with E-state index < -0.39 is 10.0 Å². The van der Waals surface area contributed by atoms with Gasteiger partial charge in [-0.25, -0.2) is 8.42 Å². The minimum atomic E-state index is -3.58. The van der Waals surface area contributed by atoms with E-state index in [4.69, 9.17) is 4.74 Å². The fraction of sp³-hybridized carbons (Fsp3) is 0.650. The summed E-state index contributed by atoms with van der Waals surface area (Å²) in [4.78, 5) is 15.2. The van der Waals surface area contributed by atoms with Crippen molar-refractivity contribution in [2.45, 2.75) is 38.1 Å². The van der Waals surface area contributed by atoms with Gasteiger partial charge in [0, 0.05) is 31.9 Å². The lowest BCUT2D eigenvalue weighted by Gasteiger charge is -2.38. The number of likely N-dealkylation sites (tertiary alicyclic amines) is 1. The molecule has 0 bridgehead atoms. The summed E-state index contributed by atoms with van der Waals surface area (Å²) in [5.74, 6) is 1.03. The Morgan fingerprint density at radius 1 is 1.18 bits per heavy atom. The van der Waals surface area contributed by atoms with Crippen molar-refractivity contribution in [1.82, 2.24) is 9.21 Å². The molecule has 2 aliphatic rings. The summed E-state index contributed by atoms with van der Waals surface area (Å²) in [6, 6.07) is 6.24. The molecule has 3 rings (SSSR count). The van der Waals surface area contributed by atoms with Gasteiger partial charge >= 0.3 is 0 Å². The van der Waals surface area contributed by atoms with E-state index in [1.54, 1.807) is 18.2 Å². The van der Waals surface area contributed by atoms with Crippen molar-refractivity contribution in [2.24, 2.45) is 11.8 Å². The van der Waals surface area contributed by atoms with Crippen LogP contribution in [0.3, 0.4) is 0 Å². The molecule has 3 atom stereocenters. The van der Waals surface area contributed by atoms with Crippen LogP contribution in [0.2, 0.25) is 0 Å². The third-order valence-electron chi connectivity index (χ3n) is 5.53. The Kier molecular flexibility index (Phi) is 6.75. The molecule has 0 saturated carbocycles. The van der Waals surface area contributed by atoms with E-state index >= 15 is 0 Å². The normalized spacial score (nSPS) is 26.0. The maximum atomic E-state index is 12.8. The molecule has 2 saturated heterocycles. The molecule has 2 heterocycles. The number of piperidine rings is 1. The molecule has 8 heteroatoms. The van der Waals surface area contributed by atoms with Crippen molar-refractivity contribution < 1.29 is 17.9 Å². The largest absolute Gasteiger partial charge is 0.379 e. The second-order valence-corrected chi connectivity index (χ2v) is 10.0. The Hall–Kier alpha value is -1.48. The second-order valence-electron chi connectivity index (χ2n) is 8.11. The predicted molar refractivity (Wildman–Crippen MR) is 109 cm³/mol. The van der Waals surface area contributed by atoms with Gasteiger partial charge in [0.05, 0.1) is 24.2 Å². The highest BCUT2D eigenvalue weighted by Gasteiger charge is 2.30. The van der Waals surface area contributed by atoms with Crippen LogP contribution in [-0.2, 0) is 19.6 Å². The Balaban J connectivity index is 1.69. The van der Waals surface area contributed by atoms with Crippen molar-refractivity contribution in [2.75, 3.05) is 44.7 Å². The monoisotopic (exact) mass is 409 g/mol. The number of carbonyl (C=O) groups is 1. The Bertz CT molecular complexity index is 782. The first-order valence-corrected chi connectivity index (χ1v) is 11.4. The van der Waals surface area contributed by atoms with Crippen LogP contribution in [-0.4, -0.2) is 69.0 Å². The summed E-state index contributed by atoms with van der Waals surface area (Å²) in [6.07, 6.45) is 1.19. The molecule has 1 aromatic carbocycles. The fourth-order valence-electron chi connectivity index (χ4n) is 4.11. The Morgan fingerprint density at radius 2 is 1.82 bits per heavy atom. The van der Waals surface area contributed by atoms with Gasteiger partial charge in [-0.15, -0.1) is 0 Å². The number of nitrogens with zero attached hydrogens (tertiary/aromatic N) is 2. The average Bonchev–Trinajstić information content (AvgIpc) is 2.67. The van der Waals surface area contributed by atoms with E-state index in [1.165, 1.54) is 16.8 Å². The van der Waals surface area contributed by atoms with Gasteiger partial charge in [0.15, 0.2) is 0 Å². The van der Waals surface area contributed by atoms with Gasteiger partial charge in [0.2, 0.25) is 15.9 Å². The molecule has 1 N–H and O–H groups in total. The van der Waals surface area contributed by atoms with E-state index in [0.29, 0.717) is 43.8 Å². The summed E-state index contributed by atoms with van der Waals surface area (Å²) in [6.45, 7) is 9.66. The number of morpholine rings is 1. The molecule has 0 unspecified atom stereocenters. The number of amides is 1. The summed E-state index contributed by atoms with van der Waals surface area (Å²) in [7, 11) is -3.58. The smallest absolute Gasteiger partial charge is 0.243 e. The topological polar surface area (TPSA) is 79.0 Å². The summed E-state index contributed by atoms with van der Waals surface area (Å²) in [5, 5.41) is 2.90. The first-order chi connectivity index (χ1) is 13.3. The minimum Gasteiger partial charge on any atom is -0.379 e. The van der Waals surface area contributed by atoms with Crippen LogP contribution < -0.4 is 5.32 Å². The highest BCUT2D eigenvalue weighted by atomic mass is 32.2. The molecule has 1 amide bonds. The number of rotatable bonds is 5. The van der Waals surface area contributed by atoms with Gasteiger partial charge in [-0.05, 0) is 43.4 Å². The molecule has 2 aliphatic heterocycles. The van der Waals surface area contributed by atoms with Gasteiger partial charge < -0.3 is 10.1 Å². The summed E-state index contributed by atoms with van der Waals surface area (Å²) >= 11 is 0. The van der Waals surface area contributed by atoms with Crippen molar-refractivity contribution >= 4 is 21.6 Å². The number of hydrogen-bond acceptors (Lipinski definition) is 5. The zero-order valence-electron chi connectivity index (χ0n) is 16.9. The first-order valence-electron chi connectivity index (χ1n) is 10.00. The maximum Gasteiger partial charge on any atom is 0.243 e. The first kappa shape index (κ1) is 21.2. The lowest BCUT2D eigenvalue weighted by molar-refractivity contribution is -0.121.